The van der Waals surface area contributed by atoms with E-state index in [1.54, 1.807) is 36.4 Å². The largest absolute Gasteiger partial charge is 0.417 e. The first-order valence-electron chi connectivity index (χ1n) is 11.9. The van der Waals surface area contributed by atoms with E-state index in [2.05, 4.69) is 9.69 Å². The molecule has 0 atom stereocenters. The summed E-state index contributed by atoms with van der Waals surface area (Å²) in [5.74, 6) is 0. The predicted molar refractivity (Wildman–Crippen MR) is 142 cm³/mol. The van der Waals surface area contributed by atoms with Gasteiger partial charge in [-0.2, -0.15) is 31.6 Å². The number of nitrogens with zero attached hydrogens (tertiary/aromatic N) is 4. The van der Waals surface area contributed by atoms with Crippen LogP contribution in [0.25, 0.3) is 48.6 Å². The first-order chi connectivity index (χ1) is 19.9. The van der Waals surface area contributed by atoms with Crippen molar-refractivity contribution in [3.05, 3.63) is 129 Å². The molecule has 0 N–H and O–H groups in total. The average molecular weight is 566 g/mol. The standard InChI is InChI=1S/C32H12F6N4/c1-41-28-10-7-20(14-27(28)32(36,37)38)18-6-9-23-22-8-5-17(11-24(22)30(25(23)12-18)29(16-40)42-2)19-3-4-21(15-39)26(13-19)31(33,34)35/h3-14H/b30-29-. The number of benzene rings is 4. The van der Waals surface area contributed by atoms with E-state index in [9.17, 15) is 31.6 Å². The predicted octanol–water partition coefficient (Wildman–Crippen LogP) is 9.66. The Morgan fingerprint density at radius 1 is 0.619 bits per heavy atom. The highest BCUT2D eigenvalue weighted by Crippen LogP contribution is 2.49. The Kier molecular flexibility index (Phi) is 6.58. The Morgan fingerprint density at radius 3 is 1.55 bits per heavy atom. The number of rotatable bonds is 2. The van der Waals surface area contributed by atoms with Gasteiger partial charge in [0.05, 0.1) is 42.0 Å². The van der Waals surface area contributed by atoms with Gasteiger partial charge in [-0.05, 0) is 68.8 Å². The molecule has 0 unspecified atom stereocenters. The van der Waals surface area contributed by atoms with Crippen LogP contribution in [0.1, 0.15) is 27.8 Å². The number of hydrogen-bond donors (Lipinski definition) is 0. The van der Waals surface area contributed by atoms with Gasteiger partial charge in [0, 0.05) is 5.57 Å². The monoisotopic (exact) mass is 566 g/mol. The highest BCUT2D eigenvalue weighted by molar-refractivity contribution is 6.05. The highest BCUT2D eigenvalue weighted by Gasteiger charge is 2.35. The Morgan fingerprint density at radius 2 is 1.10 bits per heavy atom. The van der Waals surface area contributed by atoms with Crippen molar-refractivity contribution in [2.75, 3.05) is 0 Å². The van der Waals surface area contributed by atoms with Crippen molar-refractivity contribution < 1.29 is 26.3 Å². The lowest BCUT2D eigenvalue weighted by molar-refractivity contribution is -0.138. The van der Waals surface area contributed by atoms with Crippen LogP contribution in [0.15, 0.2) is 78.5 Å². The van der Waals surface area contributed by atoms with Gasteiger partial charge in [-0.25, -0.2) is 15.0 Å². The van der Waals surface area contributed by atoms with Gasteiger partial charge in [0.15, 0.2) is 5.69 Å². The van der Waals surface area contributed by atoms with E-state index >= 15 is 0 Å². The van der Waals surface area contributed by atoms with Crippen LogP contribution in [0, 0.1) is 35.8 Å². The first-order valence-corrected chi connectivity index (χ1v) is 11.9. The topological polar surface area (TPSA) is 56.3 Å². The third-order valence-corrected chi connectivity index (χ3v) is 6.86. The maximum atomic E-state index is 13.6. The quantitative estimate of drug-likeness (QED) is 0.121. The van der Waals surface area contributed by atoms with Crippen LogP contribution < -0.4 is 0 Å². The van der Waals surface area contributed by atoms with Gasteiger partial charge in [0.2, 0.25) is 0 Å². The molecule has 0 aliphatic heterocycles. The molecule has 0 saturated heterocycles. The normalized spacial score (nSPS) is 13.2. The number of alkyl halides is 6. The maximum Gasteiger partial charge on any atom is 0.417 e. The molecule has 202 valence electrons. The molecule has 0 saturated carbocycles. The van der Waals surface area contributed by atoms with Crippen LogP contribution in [-0.4, -0.2) is 0 Å². The third-order valence-electron chi connectivity index (χ3n) is 6.86. The number of halogens is 6. The minimum Gasteiger partial charge on any atom is -0.238 e. The van der Waals surface area contributed by atoms with Crippen LogP contribution in [0.2, 0.25) is 0 Å². The van der Waals surface area contributed by atoms with Crippen molar-refractivity contribution in [2.24, 2.45) is 0 Å². The summed E-state index contributed by atoms with van der Waals surface area (Å²) in [5.41, 5.74) is -0.470. The van der Waals surface area contributed by atoms with E-state index in [4.69, 9.17) is 18.4 Å². The summed E-state index contributed by atoms with van der Waals surface area (Å²) in [6.07, 6.45) is -9.54. The van der Waals surface area contributed by atoms with Crippen molar-refractivity contribution in [1.82, 2.24) is 0 Å². The van der Waals surface area contributed by atoms with Crippen LogP contribution >= 0.6 is 0 Å². The van der Waals surface area contributed by atoms with Crippen molar-refractivity contribution in [3.63, 3.8) is 0 Å². The second-order valence-corrected chi connectivity index (χ2v) is 9.18. The zero-order valence-corrected chi connectivity index (χ0v) is 21.0. The summed E-state index contributed by atoms with van der Waals surface area (Å²) in [6, 6.07) is 19.5. The number of fused-ring (bicyclic) bond motifs is 3. The Hall–Kier alpha value is -5.84. The highest BCUT2D eigenvalue weighted by atomic mass is 19.4. The minimum absolute atomic E-state index is 0.154. The molecule has 0 fully saturated rings. The van der Waals surface area contributed by atoms with E-state index in [1.807, 2.05) is 6.07 Å². The van der Waals surface area contributed by atoms with E-state index in [0.29, 0.717) is 33.4 Å². The lowest BCUT2D eigenvalue weighted by atomic mass is 9.94. The summed E-state index contributed by atoms with van der Waals surface area (Å²) in [4.78, 5) is 6.28. The second-order valence-electron chi connectivity index (χ2n) is 9.18. The fourth-order valence-electron chi connectivity index (χ4n) is 4.96. The molecule has 0 spiro atoms. The van der Waals surface area contributed by atoms with Crippen LogP contribution in [-0.2, 0) is 12.4 Å². The molecule has 1 aliphatic rings. The molecule has 4 aromatic rings. The van der Waals surface area contributed by atoms with E-state index in [-0.39, 0.29) is 22.4 Å². The first kappa shape index (κ1) is 27.7. The molecular weight excluding hydrogens is 554 g/mol. The SMILES string of the molecule is [C-]#[N+]/C(C#N)=C1/c2cc(-c3ccc(C#N)c(C(F)(F)F)c3)ccc2-c2ccc(-c3ccc([N+]#[C-])c(C(F)(F)F)c3)cc21. The van der Waals surface area contributed by atoms with Gasteiger partial charge in [-0.1, -0.05) is 48.5 Å². The molecule has 0 amide bonds. The molecule has 1 aliphatic carbocycles. The average Bonchev–Trinajstić information content (AvgIpc) is 3.29. The smallest absolute Gasteiger partial charge is 0.238 e. The molecular formula is C32H12F6N4. The number of hydrogen-bond acceptors (Lipinski definition) is 2. The molecule has 0 heterocycles. The van der Waals surface area contributed by atoms with Gasteiger partial charge < -0.3 is 0 Å². The van der Waals surface area contributed by atoms with Gasteiger partial charge in [-0.15, -0.1) is 0 Å². The van der Waals surface area contributed by atoms with Gasteiger partial charge in [-0.3, -0.25) is 0 Å². The van der Waals surface area contributed by atoms with E-state index in [0.717, 1.165) is 24.3 Å². The molecule has 42 heavy (non-hydrogen) atoms. The van der Waals surface area contributed by atoms with Crippen LogP contribution in [0.3, 0.4) is 0 Å². The zero-order valence-electron chi connectivity index (χ0n) is 21.0. The zero-order chi connectivity index (χ0) is 30.4. The van der Waals surface area contributed by atoms with Crippen molar-refractivity contribution >= 4 is 11.3 Å². The van der Waals surface area contributed by atoms with Crippen LogP contribution in [0.4, 0.5) is 32.0 Å². The molecule has 4 aromatic carbocycles. The van der Waals surface area contributed by atoms with Gasteiger partial charge in [0.1, 0.15) is 0 Å². The van der Waals surface area contributed by atoms with E-state index in [1.165, 1.54) is 18.2 Å². The van der Waals surface area contributed by atoms with Crippen molar-refractivity contribution in [2.45, 2.75) is 12.4 Å². The minimum atomic E-state index is -4.77. The maximum absolute atomic E-state index is 13.6. The fraction of sp³-hybridized carbons (Fsp3) is 0.0625. The van der Waals surface area contributed by atoms with Gasteiger partial charge >= 0.3 is 12.4 Å². The van der Waals surface area contributed by atoms with Gasteiger partial charge in [0.25, 0.3) is 5.70 Å². The second kappa shape index (κ2) is 9.97. The number of nitriles is 2. The molecule has 0 bridgehead atoms. The van der Waals surface area contributed by atoms with Crippen LogP contribution in [0.5, 0.6) is 0 Å². The molecule has 10 heteroatoms. The van der Waals surface area contributed by atoms with Crippen molar-refractivity contribution in [3.8, 4) is 45.5 Å². The lowest BCUT2D eigenvalue weighted by Gasteiger charge is -2.12. The number of allylic oxidation sites excluding steroid dienone is 1. The summed E-state index contributed by atoms with van der Waals surface area (Å²) in [5, 5.41) is 18.9. The summed E-state index contributed by atoms with van der Waals surface area (Å²) in [6.45, 7) is 14.6. The summed E-state index contributed by atoms with van der Waals surface area (Å²) < 4.78 is 81.6. The van der Waals surface area contributed by atoms with Crippen molar-refractivity contribution in [1.29, 1.82) is 10.5 Å². The summed E-state index contributed by atoms with van der Waals surface area (Å²) >= 11 is 0. The third kappa shape index (κ3) is 4.62. The molecule has 0 radical (unpaired) electrons. The molecule has 4 nitrogen and oxygen atoms in total. The fourth-order valence-corrected chi connectivity index (χ4v) is 4.96. The Balaban J connectivity index is 1.69. The molecule has 5 rings (SSSR count). The summed E-state index contributed by atoms with van der Waals surface area (Å²) in [7, 11) is 0. The lowest BCUT2D eigenvalue weighted by Crippen LogP contribution is -2.08. The van der Waals surface area contributed by atoms with E-state index < -0.39 is 34.7 Å². The Labute approximate surface area is 235 Å². The Bertz CT molecular complexity index is 1860. The molecule has 0 aromatic heterocycles.